The highest BCUT2D eigenvalue weighted by molar-refractivity contribution is 6.17. The summed E-state index contributed by atoms with van der Waals surface area (Å²) >= 11 is 5.69. The molecular weight excluding hydrogens is 209 g/mol. The summed E-state index contributed by atoms with van der Waals surface area (Å²) in [5.41, 5.74) is 2.26. The first-order chi connectivity index (χ1) is 5.90. The van der Waals surface area contributed by atoms with Crippen molar-refractivity contribution < 1.29 is 4.74 Å². The quantitative estimate of drug-likeness (QED) is 0.678. The molecule has 1 aromatic heterocycles. The fourth-order valence-corrected chi connectivity index (χ4v) is 1.51. The van der Waals surface area contributed by atoms with Crippen molar-refractivity contribution in [2.24, 2.45) is 0 Å². The molecule has 0 amide bonds. The fourth-order valence-electron chi connectivity index (χ4n) is 1.36. The van der Waals surface area contributed by atoms with Crippen molar-refractivity contribution in [3.63, 3.8) is 0 Å². The molecule has 13 heavy (non-hydrogen) atoms. The number of fused-ring (bicyclic) bond motifs is 1. The second kappa shape index (κ2) is 4.68. The largest absolute Gasteiger partial charge is 0.477 e. The lowest BCUT2D eigenvalue weighted by Crippen LogP contribution is -2.10. The van der Waals surface area contributed by atoms with Crippen LogP contribution in [0.2, 0.25) is 0 Å². The molecule has 0 fully saturated rings. The van der Waals surface area contributed by atoms with Crippen LogP contribution in [0, 0.1) is 0 Å². The van der Waals surface area contributed by atoms with Gasteiger partial charge in [-0.25, -0.2) is 4.98 Å². The average molecular weight is 220 g/mol. The van der Waals surface area contributed by atoms with E-state index in [1.165, 1.54) is 5.56 Å². The second-order valence-corrected chi connectivity index (χ2v) is 3.16. The Morgan fingerprint density at radius 1 is 1.54 bits per heavy atom. The average Bonchev–Trinajstić information content (AvgIpc) is 2.17. The van der Waals surface area contributed by atoms with Gasteiger partial charge in [0.2, 0.25) is 5.88 Å². The molecule has 2 heterocycles. The molecule has 0 unspecified atom stereocenters. The van der Waals surface area contributed by atoms with Gasteiger partial charge in [-0.2, -0.15) is 0 Å². The van der Waals surface area contributed by atoms with E-state index in [9.17, 15) is 0 Å². The maximum Gasteiger partial charge on any atom is 0.216 e. The van der Waals surface area contributed by atoms with Gasteiger partial charge >= 0.3 is 0 Å². The minimum absolute atomic E-state index is 0. The highest BCUT2D eigenvalue weighted by Gasteiger charge is 2.11. The lowest BCUT2D eigenvalue weighted by molar-refractivity contribution is 0.276. The lowest BCUT2D eigenvalue weighted by Gasteiger charge is -2.15. The molecule has 0 N–H and O–H groups in total. The molecule has 0 saturated carbocycles. The molecule has 1 aliphatic rings. The Labute approximate surface area is 88.7 Å². The van der Waals surface area contributed by atoms with Gasteiger partial charge in [0.25, 0.3) is 0 Å². The molecule has 0 saturated heterocycles. The van der Waals surface area contributed by atoms with Gasteiger partial charge < -0.3 is 4.74 Å². The SMILES string of the molecule is Cl.ClCc1cnc2c(c1)CCCO2. The number of alkyl halides is 1. The van der Waals surface area contributed by atoms with Crippen molar-refractivity contribution >= 4 is 24.0 Å². The molecule has 72 valence electrons. The predicted octanol–water partition coefficient (Wildman–Crippen LogP) is 2.57. The van der Waals surface area contributed by atoms with Crippen LogP contribution in [0.3, 0.4) is 0 Å². The Morgan fingerprint density at radius 3 is 3.15 bits per heavy atom. The van der Waals surface area contributed by atoms with E-state index in [1.54, 1.807) is 6.20 Å². The summed E-state index contributed by atoms with van der Waals surface area (Å²) < 4.78 is 5.37. The number of halogens is 2. The van der Waals surface area contributed by atoms with Crippen LogP contribution in [0.15, 0.2) is 12.3 Å². The summed E-state index contributed by atoms with van der Waals surface area (Å²) in [5, 5.41) is 0. The zero-order valence-corrected chi connectivity index (χ0v) is 8.70. The van der Waals surface area contributed by atoms with Gasteiger partial charge in [0, 0.05) is 17.6 Å². The number of hydrogen-bond donors (Lipinski definition) is 0. The number of aromatic nitrogens is 1. The van der Waals surface area contributed by atoms with Crippen LogP contribution in [-0.4, -0.2) is 11.6 Å². The molecule has 4 heteroatoms. The third kappa shape index (κ3) is 2.26. The summed E-state index contributed by atoms with van der Waals surface area (Å²) in [6.45, 7) is 0.792. The normalized spacial score (nSPS) is 13.9. The number of nitrogens with zero attached hydrogens (tertiary/aromatic N) is 1. The number of rotatable bonds is 1. The van der Waals surface area contributed by atoms with Crippen LogP contribution >= 0.6 is 24.0 Å². The van der Waals surface area contributed by atoms with Gasteiger partial charge in [-0.05, 0) is 24.5 Å². The molecule has 0 spiro atoms. The van der Waals surface area contributed by atoms with Crippen molar-refractivity contribution in [3.8, 4) is 5.88 Å². The van der Waals surface area contributed by atoms with Crippen LogP contribution in [0.1, 0.15) is 17.5 Å². The summed E-state index contributed by atoms with van der Waals surface area (Å²) in [6.07, 6.45) is 3.92. The molecule has 1 aromatic rings. The minimum Gasteiger partial charge on any atom is -0.477 e. The molecule has 1 aliphatic heterocycles. The summed E-state index contributed by atoms with van der Waals surface area (Å²) in [5.74, 6) is 1.32. The third-order valence-electron chi connectivity index (χ3n) is 1.97. The Morgan fingerprint density at radius 2 is 2.38 bits per heavy atom. The van der Waals surface area contributed by atoms with Gasteiger partial charge in [0.15, 0.2) is 0 Å². The number of pyridine rings is 1. The molecule has 0 aromatic carbocycles. The van der Waals surface area contributed by atoms with Crippen LogP contribution in [0.5, 0.6) is 5.88 Å². The maximum absolute atomic E-state index is 5.69. The van der Waals surface area contributed by atoms with Gasteiger partial charge in [-0.3, -0.25) is 0 Å². The van der Waals surface area contributed by atoms with Crippen molar-refractivity contribution in [3.05, 3.63) is 23.4 Å². The minimum atomic E-state index is 0. The predicted molar refractivity (Wildman–Crippen MR) is 54.9 cm³/mol. The second-order valence-electron chi connectivity index (χ2n) is 2.89. The van der Waals surface area contributed by atoms with Crippen LogP contribution in [0.25, 0.3) is 0 Å². The van der Waals surface area contributed by atoms with Crippen LogP contribution in [0.4, 0.5) is 0 Å². The van der Waals surface area contributed by atoms with Gasteiger partial charge in [-0.15, -0.1) is 24.0 Å². The van der Waals surface area contributed by atoms with Gasteiger partial charge in [0.05, 0.1) is 6.61 Å². The number of ether oxygens (including phenoxy) is 1. The van der Waals surface area contributed by atoms with E-state index in [0.717, 1.165) is 30.9 Å². The molecular formula is C9H11Cl2NO. The van der Waals surface area contributed by atoms with Crippen molar-refractivity contribution in [2.75, 3.05) is 6.61 Å². The Hall–Kier alpha value is -0.470. The maximum atomic E-state index is 5.69. The van der Waals surface area contributed by atoms with E-state index in [1.807, 2.05) is 0 Å². The Bertz CT molecular complexity index is 291. The molecule has 2 rings (SSSR count). The standard InChI is InChI=1S/C9H10ClNO.ClH/c10-5-7-4-8-2-1-3-12-9(8)11-6-7;/h4,6H,1-3,5H2;1H. The topological polar surface area (TPSA) is 22.1 Å². The van der Waals surface area contributed by atoms with E-state index in [-0.39, 0.29) is 12.4 Å². The summed E-state index contributed by atoms with van der Waals surface area (Å²) in [4.78, 5) is 4.18. The number of hydrogen-bond acceptors (Lipinski definition) is 2. The summed E-state index contributed by atoms with van der Waals surface area (Å²) in [6, 6.07) is 2.08. The monoisotopic (exact) mass is 219 g/mol. The van der Waals surface area contributed by atoms with E-state index in [0.29, 0.717) is 5.88 Å². The molecule has 2 nitrogen and oxygen atoms in total. The van der Waals surface area contributed by atoms with Crippen molar-refractivity contribution in [1.82, 2.24) is 4.98 Å². The molecule has 0 bridgehead atoms. The van der Waals surface area contributed by atoms with Crippen LogP contribution < -0.4 is 4.74 Å². The van der Waals surface area contributed by atoms with E-state index in [4.69, 9.17) is 16.3 Å². The van der Waals surface area contributed by atoms with E-state index in [2.05, 4.69) is 11.1 Å². The van der Waals surface area contributed by atoms with Crippen LogP contribution in [-0.2, 0) is 12.3 Å². The fraction of sp³-hybridized carbons (Fsp3) is 0.444. The van der Waals surface area contributed by atoms with E-state index >= 15 is 0 Å². The van der Waals surface area contributed by atoms with E-state index < -0.39 is 0 Å². The lowest BCUT2D eigenvalue weighted by atomic mass is 10.1. The first-order valence-corrected chi connectivity index (χ1v) is 4.60. The number of aryl methyl sites for hydroxylation is 1. The molecule has 0 atom stereocenters. The van der Waals surface area contributed by atoms with Gasteiger partial charge in [-0.1, -0.05) is 0 Å². The Balaban J connectivity index is 0.000000845. The van der Waals surface area contributed by atoms with Crippen molar-refractivity contribution in [1.29, 1.82) is 0 Å². The molecule has 0 radical (unpaired) electrons. The first kappa shape index (κ1) is 10.6. The highest BCUT2D eigenvalue weighted by atomic mass is 35.5. The van der Waals surface area contributed by atoms with Crippen molar-refractivity contribution in [2.45, 2.75) is 18.7 Å². The zero-order chi connectivity index (χ0) is 8.39. The first-order valence-electron chi connectivity index (χ1n) is 4.06. The smallest absolute Gasteiger partial charge is 0.216 e. The Kier molecular flexibility index (Phi) is 3.82. The molecule has 0 aliphatic carbocycles. The van der Waals surface area contributed by atoms with Gasteiger partial charge in [0.1, 0.15) is 0 Å². The summed E-state index contributed by atoms with van der Waals surface area (Å²) in [7, 11) is 0. The zero-order valence-electron chi connectivity index (χ0n) is 7.12. The third-order valence-corrected chi connectivity index (χ3v) is 2.27. The highest BCUT2D eigenvalue weighted by Crippen LogP contribution is 2.22.